The van der Waals surface area contributed by atoms with Crippen molar-refractivity contribution in [2.24, 2.45) is 0 Å². The van der Waals surface area contributed by atoms with Gasteiger partial charge in [-0.25, -0.2) is 4.98 Å². The summed E-state index contributed by atoms with van der Waals surface area (Å²) >= 11 is 0. The van der Waals surface area contributed by atoms with E-state index in [1.807, 2.05) is 12.1 Å². The molecule has 154 valence electrons. The van der Waals surface area contributed by atoms with Gasteiger partial charge in [0.05, 0.1) is 22.4 Å². The fraction of sp³-hybridized carbons (Fsp3) is 0.360. The topological polar surface area (TPSA) is 65.0 Å². The van der Waals surface area contributed by atoms with Crippen LogP contribution in [0.15, 0.2) is 36.4 Å². The van der Waals surface area contributed by atoms with Gasteiger partial charge >= 0.3 is 0 Å². The Morgan fingerprint density at radius 1 is 0.933 bits per heavy atom. The summed E-state index contributed by atoms with van der Waals surface area (Å²) in [6.07, 6.45) is 4.53. The maximum absolute atomic E-state index is 9.72. The summed E-state index contributed by atoms with van der Waals surface area (Å²) in [5, 5.41) is 20.2. The van der Waals surface area contributed by atoms with Gasteiger partial charge in [-0.05, 0) is 86.3 Å². The highest BCUT2D eigenvalue weighted by Crippen LogP contribution is 2.39. The van der Waals surface area contributed by atoms with Crippen molar-refractivity contribution >= 4 is 21.8 Å². The third-order valence-electron chi connectivity index (χ3n) is 6.48. The molecule has 2 aromatic carbocycles. The summed E-state index contributed by atoms with van der Waals surface area (Å²) in [4.78, 5) is 7.54. The number of phenolic OH excluding ortho intramolecular Hbond substituents is 1. The molecule has 5 heteroatoms. The first-order chi connectivity index (χ1) is 14.7. The Hall–Kier alpha value is -2.92. The van der Waals surface area contributed by atoms with E-state index in [-0.39, 0.29) is 5.75 Å². The minimum Gasteiger partial charge on any atom is -0.508 e. The monoisotopic (exact) mass is 400 g/mol. The van der Waals surface area contributed by atoms with E-state index in [0.717, 1.165) is 60.5 Å². The number of aromatic amines is 1. The van der Waals surface area contributed by atoms with Crippen LogP contribution in [0, 0.1) is 0 Å². The molecule has 5 nitrogen and oxygen atoms in total. The van der Waals surface area contributed by atoms with E-state index in [2.05, 4.69) is 36.0 Å². The SMILES string of the molecule is CCN(CC)Cc1n[nH]c2ccc3nc(-c4ccc(O)cc4)c4c(c3c12)CCCC4. The lowest BCUT2D eigenvalue weighted by atomic mass is 9.85. The molecule has 2 aromatic heterocycles. The smallest absolute Gasteiger partial charge is 0.115 e. The van der Waals surface area contributed by atoms with Gasteiger partial charge < -0.3 is 5.11 Å². The summed E-state index contributed by atoms with van der Waals surface area (Å²) in [6.45, 7) is 7.27. The maximum atomic E-state index is 9.72. The molecule has 0 bridgehead atoms. The summed E-state index contributed by atoms with van der Waals surface area (Å²) in [7, 11) is 0. The van der Waals surface area contributed by atoms with Crippen LogP contribution in [0.1, 0.15) is 43.5 Å². The molecule has 0 fully saturated rings. The molecule has 0 aliphatic heterocycles. The Morgan fingerprint density at radius 3 is 2.40 bits per heavy atom. The number of aromatic hydroxyl groups is 1. The van der Waals surface area contributed by atoms with Crippen LogP contribution < -0.4 is 0 Å². The molecule has 1 aliphatic rings. The second-order valence-corrected chi connectivity index (χ2v) is 8.19. The Kier molecular flexibility index (Phi) is 4.91. The van der Waals surface area contributed by atoms with Crippen molar-refractivity contribution in [2.75, 3.05) is 13.1 Å². The van der Waals surface area contributed by atoms with E-state index in [1.165, 1.54) is 34.7 Å². The van der Waals surface area contributed by atoms with Crippen LogP contribution in [0.2, 0.25) is 0 Å². The first kappa shape index (κ1) is 19.1. The van der Waals surface area contributed by atoms with Gasteiger partial charge in [0.15, 0.2) is 0 Å². The minimum absolute atomic E-state index is 0.287. The zero-order valence-corrected chi connectivity index (χ0v) is 17.7. The molecular formula is C25H28N4O. The van der Waals surface area contributed by atoms with E-state index >= 15 is 0 Å². The molecule has 0 atom stereocenters. The average molecular weight is 401 g/mol. The summed E-state index contributed by atoms with van der Waals surface area (Å²) in [5.41, 5.74) is 8.18. The molecule has 4 aromatic rings. The van der Waals surface area contributed by atoms with Crippen molar-refractivity contribution in [3.63, 3.8) is 0 Å². The second kappa shape index (κ2) is 7.73. The van der Waals surface area contributed by atoms with Gasteiger partial charge in [0.2, 0.25) is 0 Å². The highest BCUT2D eigenvalue weighted by atomic mass is 16.3. The quantitative estimate of drug-likeness (QED) is 0.483. The molecule has 0 saturated heterocycles. The zero-order chi connectivity index (χ0) is 20.7. The second-order valence-electron chi connectivity index (χ2n) is 8.19. The van der Waals surface area contributed by atoms with Crippen molar-refractivity contribution in [3.05, 3.63) is 53.2 Å². The molecule has 0 radical (unpaired) electrons. The number of H-pyrrole nitrogens is 1. The van der Waals surface area contributed by atoms with E-state index < -0.39 is 0 Å². The van der Waals surface area contributed by atoms with E-state index in [9.17, 15) is 5.11 Å². The zero-order valence-electron chi connectivity index (χ0n) is 17.7. The highest BCUT2D eigenvalue weighted by Gasteiger charge is 2.23. The summed E-state index contributed by atoms with van der Waals surface area (Å²) < 4.78 is 0. The number of benzene rings is 2. The number of hydrogen-bond donors (Lipinski definition) is 2. The predicted molar refractivity (Wildman–Crippen MR) is 122 cm³/mol. The first-order valence-corrected chi connectivity index (χ1v) is 11.0. The van der Waals surface area contributed by atoms with Gasteiger partial charge in [-0.15, -0.1) is 0 Å². The van der Waals surface area contributed by atoms with Gasteiger partial charge in [0.1, 0.15) is 5.75 Å². The van der Waals surface area contributed by atoms with Gasteiger partial charge in [-0.1, -0.05) is 13.8 Å². The molecule has 0 saturated carbocycles. The molecule has 2 N–H and O–H groups in total. The summed E-state index contributed by atoms with van der Waals surface area (Å²) in [5.74, 6) is 0.287. The van der Waals surface area contributed by atoms with Crippen molar-refractivity contribution in [1.29, 1.82) is 0 Å². The number of rotatable bonds is 5. The van der Waals surface area contributed by atoms with Gasteiger partial charge in [-0.2, -0.15) is 5.10 Å². The lowest BCUT2D eigenvalue weighted by Crippen LogP contribution is -2.22. The van der Waals surface area contributed by atoms with E-state index in [4.69, 9.17) is 10.1 Å². The van der Waals surface area contributed by atoms with E-state index in [1.54, 1.807) is 12.1 Å². The number of phenols is 1. The Morgan fingerprint density at radius 2 is 1.67 bits per heavy atom. The lowest BCUT2D eigenvalue weighted by molar-refractivity contribution is 0.293. The van der Waals surface area contributed by atoms with Gasteiger partial charge in [0, 0.05) is 22.9 Å². The van der Waals surface area contributed by atoms with Crippen LogP contribution in [-0.2, 0) is 19.4 Å². The van der Waals surface area contributed by atoms with Crippen molar-refractivity contribution in [3.8, 4) is 17.0 Å². The van der Waals surface area contributed by atoms with Crippen LogP contribution in [-0.4, -0.2) is 38.3 Å². The Labute approximate surface area is 176 Å². The van der Waals surface area contributed by atoms with Crippen molar-refractivity contribution in [1.82, 2.24) is 20.1 Å². The maximum Gasteiger partial charge on any atom is 0.115 e. The standard InChI is InChI=1S/C25H28N4O/c1-3-29(4-2)15-22-24-21(27-28-22)14-13-20-23(24)18-7-5-6-8-19(18)25(26-20)16-9-11-17(30)12-10-16/h9-14,30H,3-8,15H2,1-2H3,(H,27,28). The molecule has 0 unspecified atom stereocenters. The lowest BCUT2D eigenvalue weighted by Gasteiger charge is -2.22. The average Bonchev–Trinajstić information content (AvgIpc) is 3.20. The number of hydrogen-bond acceptors (Lipinski definition) is 4. The third-order valence-corrected chi connectivity index (χ3v) is 6.48. The van der Waals surface area contributed by atoms with Gasteiger partial charge in [-0.3, -0.25) is 10.00 Å². The van der Waals surface area contributed by atoms with Gasteiger partial charge in [0.25, 0.3) is 0 Å². The molecule has 30 heavy (non-hydrogen) atoms. The number of nitrogens with zero attached hydrogens (tertiary/aromatic N) is 3. The highest BCUT2D eigenvalue weighted by molar-refractivity contribution is 6.09. The Bertz CT molecular complexity index is 1210. The number of fused-ring (bicyclic) bond motifs is 5. The molecule has 2 heterocycles. The number of aryl methyl sites for hydroxylation is 1. The van der Waals surface area contributed by atoms with Crippen LogP contribution in [0.4, 0.5) is 0 Å². The minimum atomic E-state index is 0.287. The summed E-state index contributed by atoms with van der Waals surface area (Å²) in [6, 6.07) is 11.7. The van der Waals surface area contributed by atoms with Crippen LogP contribution >= 0.6 is 0 Å². The van der Waals surface area contributed by atoms with Crippen molar-refractivity contribution < 1.29 is 5.11 Å². The number of aromatic nitrogens is 3. The predicted octanol–water partition coefficient (Wildman–Crippen LogP) is 5.20. The molecule has 5 rings (SSSR count). The largest absolute Gasteiger partial charge is 0.508 e. The normalized spacial score (nSPS) is 14.0. The fourth-order valence-corrected chi connectivity index (χ4v) is 4.83. The number of nitrogens with one attached hydrogen (secondary N) is 1. The first-order valence-electron chi connectivity index (χ1n) is 11.0. The molecule has 1 aliphatic carbocycles. The van der Waals surface area contributed by atoms with E-state index in [0.29, 0.717) is 0 Å². The molecular weight excluding hydrogens is 372 g/mol. The number of pyridine rings is 1. The fourth-order valence-electron chi connectivity index (χ4n) is 4.83. The molecule has 0 spiro atoms. The molecule has 0 amide bonds. The van der Waals surface area contributed by atoms with Crippen LogP contribution in [0.5, 0.6) is 5.75 Å². The third kappa shape index (κ3) is 3.14. The van der Waals surface area contributed by atoms with Crippen LogP contribution in [0.3, 0.4) is 0 Å². The van der Waals surface area contributed by atoms with Crippen molar-refractivity contribution in [2.45, 2.75) is 46.1 Å². The Balaban J connectivity index is 1.78. The van der Waals surface area contributed by atoms with Crippen LogP contribution in [0.25, 0.3) is 33.1 Å².